The number of nitrogens with zero attached hydrogens (tertiary/aromatic N) is 2. The lowest BCUT2D eigenvalue weighted by Gasteiger charge is -2.26. The quantitative estimate of drug-likeness (QED) is 0.385. The molecule has 1 heterocycles. The Bertz CT molecular complexity index is 1080. The highest BCUT2D eigenvalue weighted by Gasteiger charge is 2.48. The molecule has 0 spiro atoms. The van der Waals surface area contributed by atoms with Gasteiger partial charge in [-0.15, -0.1) is 0 Å². The number of nitriles is 1. The van der Waals surface area contributed by atoms with E-state index in [1.807, 2.05) is 0 Å². The van der Waals surface area contributed by atoms with Crippen LogP contribution in [0.3, 0.4) is 0 Å². The highest BCUT2D eigenvalue weighted by Crippen LogP contribution is 2.40. The average molecular weight is 445 g/mol. The number of anilines is 1. The summed E-state index contributed by atoms with van der Waals surface area (Å²) in [5.74, 6) is 5.75. The first-order valence-electron chi connectivity index (χ1n) is 9.70. The van der Waals surface area contributed by atoms with E-state index in [-0.39, 0.29) is 18.9 Å². The Morgan fingerprint density at radius 2 is 2.06 bits per heavy atom. The molecular weight excluding hydrogens is 422 g/mol. The van der Waals surface area contributed by atoms with Gasteiger partial charge in [-0.3, -0.25) is 14.9 Å². The van der Waals surface area contributed by atoms with Gasteiger partial charge in [0.25, 0.3) is 5.91 Å². The zero-order chi connectivity index (χ0) is 22.8. The molecule has 2 fully saturated rings. The van der Waals surface area contributed by atoms with E-state index < -0.39 is 32.7 Å². The summed E-state index contributed by atoms with van der Waals surface area (Å²) >= 11 is 0. The Balaban J connectivity index is 1.67. The van der Waals surface area contributed by atoms with Crippen molar-refractivity contribution in [1.82, 2.24) is 5.48 Å². The lowest BCUT2D eigenvalue weighted by Crippen LogP contribution is -2.51. The van der Waals surface area contributed by atoms with Crippen LogP contribution in [-0.4, -0.2) is 49.3 Å². The van der Waals surface area contributed by atoms with Gasteiger partial charge in [0.05, 0.1) is 12.6 Å². The summed E-state index contributed by atoms with van der Waals surface area (Å²) in [4.78, 5) is 25.7. The second-order valence-electron chi connectivity index (χ2n) is 8.05. The first-order valence-corrected chi connectivity index (χ1v) is 11.6. The monoisotopic (exact) mass is 445 g/mol. The Labute approximate surface area is 180 Å². The fourth-order valence-electron chi connectivity index (χ4n) is 3.47. The van der Waals surface area contributed by atoms with Crippen molar-refractivity contribution in [2.24, 2.45) is 11.8 Å². The van der Waals surface area contributed by atoms with Crippen molar-refractivity contribution in [2.45, 2.75) is 37.0 Å². The predicted molar refractivity (Wildman–Crippen MR) is 111 cm³/mol. The molecule has 3 rings (SSSR count). The Morgan fingerprint density at radius 1 is 1.39 bits per heavy atom. The summed E-state index contributed by atoms with van der Waals surface area (Å²) in [6.07, 6.45) is 0.558. The third-order valence-corrected chi connectivity index (χ3v) is 7.74. The molecule has 1 aromatic carbocycles. The average Bonchev–Trinajstić information content (AvgIpc) is 3.37. The van der Waals surface area contributed by atoms with Gasteiger partial charge in [-0.2, -0.15) is 5.26 Å². The van der Waals surface area contributed by atoms with E-state index in [1.54, 1.807) is 24.3 Å². The van der Waals surface area contributed by atoms with Crippen LogP contribution in [-0.2, 0) is 19.4 Å². The topological polar surface area (TPSA) is 137 Å². The molecular formula is C21H23N3O6S. The molecule has 0 aromatic heterocycles. The van der Waals surface area contributed by atoms with Gasteiger partial charge in [0.2, 0.25) is 0 Å². The number of hydrogen-bond acceptors (Lipinski definition) is 7. The van der Waals surface area contributed by atoms with E-state index in [1.165, 1.54) is 17.3 Å². The summed E-state index contributed by atoms with van der Waals surface area (Å²) in [6.45, 7) is 1.24. The molecule has 1 aliphatic heterocycles. The first-order chi connectivity index (χ1) is 14.6. The summed E-state index contributed by atoms with van der Waals surface area (Å²) in [6, 6.07) is 9.11. The number of hydrogen-bond donors (Lipinski definition) is 2. The number of benzene rings is 1. The highest BCUT2D eigenvalue weighted by molar-refractivity contribution is 7.92. The molecule has 31 heavy (non-hydrogen) atoms. The third-order valence-electron chi connectivity index (χ3n) is 5.75. The van der Waals surface area contributed by atoms with Gasteiger partial charge in [-0.05, 0) is 43.5 Å². The lowest BCUT2D eigenvalue weighted by atomic mass is 10.0. The van der Waals surface area contributed by atoms with Crippen LogP contribution in [0, 0.1) is 35.0 Å². The fraction of sp³-hybridized carbons (Fsp3) is 0.476. The number of carbonyl (C=O) groups excluding carboxylic acids is 2. The van der Waals surface area contributed by atoms with Gasteiger partial charge in [0, 0.05) is 36.3 Å². The summed E-state index contributed by atoms with van der Waals surface area (Å²) in [5.41, 5.74) is 2.71. The third kappa shape index (κ3) is 4.82. The summed E-state index contributed by atoms with van der Waals surface area (Å²) < 4.78 is 27.6. The summed E-state index contributed by atoms with van der Waals surface area (Å²) in [7, 11) is -3.90. The molecule has 164 valence electrons. The molecule has 2 amide bonds. The fourth-order valence-corrected chi connectivity index (χ4v) is 4.34. The largest absolute Gasteiger partial charge is 0.444 e. The minimum atomic E-state index is -3.90. The van der Waals surface area contributed by atoms with Crippen molar-refractivity contribution >= 4 is 27.5 Å². The van der Waals surface area contributed by atoms with Crippen molar-refractivity contribution in [3.8, 4) is 17.9 Å². The van der Waals surface area contributed by atoms with Crippen molar-refractivity contribution in [2.75, 3.05) is 17.7 Å². The number of carbonyl (C=O) groups is 2. The molecule has 2 aliphatic rings. The van der Waals surface area contributed by atoms with Crippen LogP contribution in [0.1, 0.15) is 31.7 Å². The second kappa shape index (κ2) is 8.58. The van der Waals surface area contributed by atoms with E-state index >= 15 is 0 Å². The van der Waals surface area contributed by atoms with E-state index in [0.29, 0.717) is 18.0 Å². The van der Waals surface area contributed by atoms with Gasteiger partial charge >= 0.3 is 6.09 Å². The second-order valence-corrected chi connectivity index (χ2v) is 10.5. The maximum atomic E-state index is 12.3. The molecule has 0 radical (unpaired) electrons. The number of ether oxygens (including phenoxy) is 1. The van der Waals surface area contributed by atoms with E-state index in [4.69, 9.17) is 15.2 Å². The first kappa shape index (κ1) is 22.6. The molecule has 2 unspecified atom stereocenters. The Hall–Kier alpha value is -3.08. The standard InChI is InChI=1S/C21H23N3O6S/c1-21(19(25)23-27,31(2,28)29)12-18-13-24(20(26)30-18)17-7-4-14(5-8-17)3-6-15-11-16(15)9-10-22/h4-5,7-8,15-16,18,27H,9,11-13H2,1-2H3,(H,23,25)/t15?,16?,18-,21+/m0/s1. The number of nitrogens with one attached hydrogen (secondary N) is 1. The SMILES string of the molecule is C[C@@](C[C@H]1CN(c2ccc(C#CC3CC3CC#N)cc2)C(=O)O1)(C(=O)NO)S(C)(=O)=O. The van der Waals surface area contributed by atoms with Crippen LogP contribution in [0.4, 0.5) is 10.5 Å². The van der Waals surface area contributed by atoms with Crippen molar-refractivity contribution in [3.63, 3.8) is 0 Å². The zero-order valence-electron chi connectivity index (χ0n) is 17.2. The van der Waals surface area contributed by atoms with Gasteiger partial charge < -0.3 is 4.74 Å². The van der Waals surface area contributed by atoms with E-state index in [2.05, 4.69) is 17.9 Å². The number of hydroxylamine groups is 1. The number of sulfone groups is 1. The minimum Gasteiger partial charge on any atom is -0.444 e. The van der Waals surface area contributed by atoms with E-state index in [9.17, 15) is 18.0 Å². The van der Waals surface area contributed by atoms with Crippen LogP contribution in [0.2, 0.25) is 0 Å². The van der Waals surface area contributed by atoms with Crippen LogP contribution in [0.25, 0.3) is 0 Å². The van der Waals surface area contributed by atoms with Gasteiger partial charge in [0.15, 0.2) is 14.6 Å². The highest BCUT2D eigenvalue weighted by atomic mass is 32.2. The molecule has 0 bridgehead atoms. The number of rotatable bonds is 6. The zero-order valence-corrected chi connectivity index (χ0v) is 18.0. The van der Waals surface area contributed by atoms with Gasteiger partial charge in [0.1, 0.15) is 6.10 Å². The maximum absolute atomic E-state index is 12.3. The van der Waals surface area contributed by atoms with Gasteiger partial charge in [-0.1, -0.05) is 11.8 Å². The molecule has 1 saturated heterocycles. The van der Waals surface area contributed by atoms with Crippen molar-refractivity contribution < 1.29 is 28.0 Å². The van der Waals surface area contributed by atoms with E-state index in [0.717, 1.165) is 18.2 Å². The number of amides is 2. The molecule has 1 aromatic rings. The van der Waals surface area contributed by atoms with Crippen molar-refractivity contribution in [1.29, 1.82) is 5.26 Å². The maximum Gasteiger partial charge on any atom is 0.414 e. The summed E-state index contributed by atoms with van der Waals surface area (Å²) in [5, 5.41) is 17.6. The molecule has 4 atom stereocenters. The normalized spacial score (nSPS) is 24.3. The molecule has 10 heteroatoms. The molecule has 1 saturated carbocycles. The molecule has 1 aliphatic carbocycles. The van der Waals surface area contributed by atoms with Crippen LogP contribution < -0.4 is 10.4 Å². The van der Waals surface area contributed by atoms with Crippen LogP contribution in [0.15, 0.2) is 24.3 Å². The van der Waals surface area contributed by atoms with Gasteiger partial charge in [-0.25, -0.2) is 18.7 Å². The Kier molecular flexibility index (Phi) is 6.25. The Morgan fingerprint density at radius 3 is 2.65 bits per heavy atom. The number of cyclic esters (lactones) is 1. The lowest BCUT2D eigenvalue weighted by molar-refractivity contribution is -0.132. The predicted octanol–water partition coefficient (Wildman–Crippen LogP) is 1.61. The molecule has 2 N–H and O–H groups in total. The molecule has 9 nitrogen and oxygen atoms in total. The smallest absolute Gasteiger partial charge is 0.414 e. The van der Waals surface area contributed by atoms with Crippen molar-refractivity contribution in [3.05, 3.63) is 29.8 Å². The van der Waals surface area contributed by atoms with Crippen LogP contribution in [0.5, 0.6) is 0 Å². The minimum absolute atomic E-state index is 0.0611. The van der Waals surface area contributed by atoms with Crippen LogP contribution >= 0.6 is 0 Å².